The van der Waals surface area contributed by atoms with Crippen LogP contribution in [0.4, 0.5) is 10.6 Å². The summed E-state index contributed by atoms with van der Waals surface area (Å²) in [6, 6.07) is 6.77. The second kappa shape index (κ2) is 10.4. The Hall–Kier alpha value is -2.91. The second-order valence-corrected chi connectivity index (χ2v) is 10.0. The number of amides is 2. The molecule has 1 unspecified atom stereocenters. The number of rotatable bonds is 6. The van der Waals surface area contributed by atoms with Gasteiger partial charge in [0.1, 0.15) is 12.1 Å². The number of halogens is 1. The van der Waals surface area contributed by atoms with Gasteiger partial charge in [0, 0.05) is 49.4 Å². The zero-order valence-electron chi connectivity index (χ0n) is 20.3. The number of piperazine rings is 1. The topological polar surface area (TPSA) is 110 Å². The molecule has 9 nitrogen and oxygen atoms in total. The number of fused-ring (bicyclic) bond motifs is 1. The quantitative estimate of drug-likeness (QED) is 0.623. The number of nitrogens with zero attached hydrogens (tertiary/aromatic N) is 5. The van der Waals surface area contributed by atoms with Crippen molar-refractivity contribution in [3.05, 3.63) is 52.4 Å². The van der Waals surface area contributed by atoms with Crippen LogP contribution in [-0.2, 0) is 4.79 Å². The van der Waals surface area contributed by atoms with Crippen LogP contribution in [0.15, 0.2) is 30.6 Å². The number of aromatic nitrogens is 2. The fourth-order valence-electron chi connectivity index (χ4n) is 5.04. The Morgan fingerprint density at radius 3 is 2.40 bits per heavy atom. The fraction of sp³-hybridized carbons (Fsp3) is 0.520. The minimum atomic E-state index is -1.05. The summed E-state index contributed by atoms with van der Waals surface area (Å²) in [5, 5.41) is 20.6. The van der Waals surface area contributed by atoms with Gasteiger partial charge in [0.2, 0.25) is 5.91 Å². The summed E-state index contributed by atoms with van der Waals surface area (Å²) in [7, 11) is 0. The Labute approximate surface area is 210 Å². The van der Waals surface area contributed by atoms with Gasteiger partial charge >= 0.3 is 6.09 Å². The maximum atomic E-state index is 13.7. The summed E-state index contributed by atoms with van der Waals surface area (Å²) in [5.74, 6) is 0.270. The summed E-state index contributed by atoms with van der Waals surface area (Å²) < 4.78 is 0. The normalized spacial score (nSPS) is 20.6. The van der Waals surface area contributed by atoms with E-state index in [9.17, 15) is 19.8 Å². The van der Waals surface area contributed by atoms with Crippen molar-refractivity contribution in [1.82, 2.24) is 19.8 Å². The maximum Gasteiger partial charge on any atom is 0.407 e. The van der Waals surface area contributed by atoms with Crippen molar-refractivity contribution in [3.8, 4) is 0 Å². The van der Waals surface area contributed by atoms with Crippen LogP contribution < -0.4 is 4.90 Å². The van der Waals surface area contributed by atoms with E-state index in [2.05, 4.69) is 21.8 Å². The molecule has 1 aliphatic carbocycles. The minimum absolute atomic E-state index is 0.0719. The van der Waals surface area contributed by atoms with E-state index in [0.717, 1.165) is 16.9 Å². The lowest BCUT2D eigenvalue weighted by Crippen LogP contribution is -2.52. The predicted octanol–water partition coefficient (Wildman–Crippen LogP) is 3.49. The van der Waals surface area contributed by atoms with E-state index in [0.29, 0.717) is 43.3 Å². The molecule has 0 saturated carbocycles. The van der Waals surface area contributed by atoms with Gasteiger partial charge in [0.15, 0.2) is 0 Å². The van der Waals surface area contributed by atoms with Gasteiger partial charge in [-0.05, 0) is 43.9 Å². The van der Waals surface area contributed by atoms with E-state index in [-0.39, 0.29) is 24.4 Å². The average molecular weight is 502 g/mol. The number of aliphatic hydroxyl groups excluding tert-OH is 1. The number of carbonyl (C=O) groups excluding carboxylic acids is 1. The van der Waals surface area contributed by atoms with Crippen molar-refractivity contribution in [2.45, 2.75) is 51.2 Å². The van der Waals surface area contributed by atoms with Crippen LogP contribution in [0.1, 0.15) is 62.0 Å². The van der Waals surface area contributed by atoms with Gasteiger partial charge in [-0.15, -0.1) is 0 Å². The Bertz CT molecular complexity index is 1070. The fourth-order valence-corrected chi connectivity index (χ4v) is 5.17. The van der Waals surface area contributed by atoms with E-state index >= 15 is 0 Å². The van der Waals surface area contributed by atoms with Gasteiger partial charge in [-0.25, -0.2) is 14.8 Å². The zero-order valence-corrected chi connectivity index (χ0v) is 21.0. The third-order valence-corrected chi connectivity index (χ3v) is 7.24. The molecule has 0 bridgehead atoms. The van der Waals surface area contributed by atoms with Gasteiger partial charge in [0.05, 0.1) is 17.7 Å². The molecule has 4 rings (SSSR count). The maximum absolute atomic E-state index is 13.7. The van der Waals surface area contributed by atoms with Crippen molar-refractivity contribution in [2.75, 3.05) is 37.6 Å². The summed E-state index contributed by atoms with van der Waals surface area (Å²) in [5.41, 5.74) is 2.43. The first-order valence-corrected chi connectivity index (χ1v) is 12.4. The van der Waals surface area contributed by atoms with Crippen LogP contribution in [0.3, 0.4) is 0 Å². The molecule has 2 amide bonds. The van der Waals surface area contributed by atoms with Crippen molar-refractivity contribution >= 4 is 29.4 Å². The molecule has 1 fully saturated rings. The number of carboxylic acid groups (broad SMARTS) is 1. The highest BCUT2D eigenvalue weighted by Gasteiger charge is 2.36. The molecule has 2 heterocycles. The smallest absolute Gasteiger partial charge is 0.407 e. The number of benzene rings is 1. The zero-order chi connectivity index (χ0) is 25.3. The molecule has 188 valence electrons. The first kappa shape index (κ1) is 25.2. The third-order valence-electron chi connectivity index (χ3n) is 6.99. The largest absolute Gasteiger partial charge is 0.465 e. The summed E-state index contributed by atoms with van der Waals surface area (Å²) in [4.78, 5) is 39.6. The van der Waals surface area contributed by atoms with E-state index in [1.165, 1.54) is 11.2 Å². The molecule has 10 heteroatoms. The molecule has 3 atom stereocenters. The third kappa shape index (κ3) is 5.21. The van der Waals surface area contributed by atoms with Crippen LogP contribution in [0.2, 0.25) is 5.02 Å². The molecule has 1 aliphatic heterocycles. The van der Waals surface area contributed by atoms with E-state index in [1.54, 1.807) is 43.0 Å². The number of carbonyl (C=O) groups is 2. The lowest BCUT2D eigenvalue weighted by Gasteiger charge is -2.38. The number of anilines is 1. The molecule has 0 spiro atoms. The first-order valence-electron chi connectivity index (χ1n) is 12.0. The van der Waals surface area contributed by atoms with Gasteiger partial charge in [-0.2, -0.15) is 0 Å². The number of aliphatic hydroxyl groups is 1. The van der Waals surface area contributed by atoms with Crippen molar-refractivity contribution in [3.63, 3.8) is 0 Å². The van der Waals surface area contributed by atoms with Gasteiger partial charge in [-0.1, -0.05) is 30.7 Å². The van der Waals surface area contributed by atoms with Crippen LogP contribution in [-0.4, -0.2) is 80.7 Å². The molecular formula is C25H32ClN5O4. The molecule has 1 aromatic heterocycles. The highest BCUT2D eigenvalue weighted by Crippen LogP contribution is 2.42. The molecule has 2 aliphatic rings. The monoisotopic (exact) mass is 501 g/mol. The Kier molecular flexibility index (Phi) is 7.47. The van der Waals surface area contributed by atoms with Gasteiger partial charge in [-0.3, -0.25) is 4.79 Å². The van der Waals surface area contributed by atoms with Gasteiger partial charge in [0.25, 0.3) is 0 Å². The van der Waals surface area contributed by atoms with Crippen molar-refractivity contribution < 1.29 is 19.8 Å². The molecule has 0 radical (unpaired) electrons. The van der Waals surface area contributed by atoms with E-state index in [4.69, 9.17) is 11.6 Å². The Morgan fingerprint density at radius 1 is 1.14 bits per heavy atom. The molecule has 1 aromatic carbocycles. The van der Waals surface area contributed by atoms with Crippen LogP contribution in [0.5, 0.6) is 0 Å². The molecule has 2 N–H and O–H groups in total. The first-order chi connectivity index (χ1) is 16.7. The molecule has 1 saturated heterocycles. The minimum Gasteiger partial charge on any atom is -0.465 e. The SMILES string of the molecule is CC(C)N(CC(C(=O)N1CCN(c2ncnc3c2[C@H](C)C[C@H]3O)CC1)c1ccc(Cl)cc1)C(=O)O. The van der Waals surface area contributed by atoms with E-state index in [1.807, 2.05) is 0 Å². The van der Waals surface area contributed by atoms with Gasteiger partial charge < -0.3 is 24.9 Å². The summed E-state index contributed by atoms with van der Waals surface area (Å²) in [6.45, 7) is 7.92. The van der Waals surface area contributed by atoms with Crippen molar-refractivity contribution in [1.29, 1.82) is 0 Å². The number of hydrogen-bond acceptors (Lipinski definition) is 6. The highest BCUT2D eigenvalue weighted by atomic mass is 35.5. The standard InChI is InChI=1S/C25H32ClN5O4/c1-15(2)31(25(34)35)13-19(17-4-6-18(26)7-5-17)24(33)30-10-8-29(9-11-30)23-21-16(3)12-20(32)22(21)27-14-28-23/h4-7,14-16,19-20,32H,8-13H2,1-3H3,(H,34,35)/t16-,19?,20-/m1/s1. The molecule has 2 aromatic rings. The van der Waals surface area contributed by atoms with Crippen LogP contribution in [0, 0.1) is 0 Å². The summed E-state index contributed by atoms with van der Waals surface area (Å²) in [6.07, 6.45) is 0.516. The summed E-state index contributed by atoms with van der Waals surface area (Å²) >= 11 is 6.05. The lowest BCUT2D eigenvalue weighted by atomic mass is 9.96. The average Bonchev–Trinajstić information content (AvgIpc) is 3.13. The Morgan fingerprint density at radius 2 is 1.80 bits per heavy atom. The Balaban J connectivity index is 1.52. The van der Waals surface area contributed by atoms with Crippen molar-refractivity contribution in [2.24, 2.45) is 0 Å². The van der Waals surface area contributed by atoms with Crippen LogP contribution >= 0.6 is 11.6 Å². The molecular weight excluding hydrogens is 470 g/mol. The van der Waals surface area contributed by atoms with Crippen LogP contribution in [0.25, 0.3) is 0 Å². The highest BCUT2D eigenvalue weighted by molar-refractivity contribution is 6.30. The predicted molar refractivity (Wildman–Crippen MR) is 133 cm³/mol. The molecule has 35 heavy (non-hydrogen) atoms. The number of hydrogen-bond donors (Lipinski definition) is 2. The second-order valence-electron chi connectivity index (χ2n) is 9.59. The lowest BCUT2D eigenvalue weighted by molar-refractivity contribution is -0.133. The van der Waals surface area contributed by atoms with E-state index < -0.39 is 18.1 Å².